The third-order valence-electron chi connectivity index (χ3n) is 5.24. The summed E-state index contributed by atoms with van der Waals surface area (Å²) >= 11 is 0. The van der Waals surface area contributed by atoms with Crippen LogP contribution in [0.5, 0.6) is 0 Å². The average Bonchev–Trinajstić information content (AvgIpc) is 2.42. The molecule has 0 radical (unpaired) electrons. The van der Waals surface area contributed by atoms with E-state index in [9.17, 15) is 9.59 Å². The van der Waals surface area contributed by atoms with E-state index in [0.717, 1.165) is 19.3 Å². The first kappa shape index (κ1) is 18.0. The Labute approximate surface area is 129 Å². The molecule has 0 bridgehead atoms. The van der Waals surface area contributed by atoms with E-state index in [0.29, 0.717) is 12.3 Å². The van der Waals surface area contributed by atoms with Gasteiger partial charge in [-0.15, -0.1) is 0 Å². The minimum Gasteiger partial charge on any atom is -0.354 e. The first-order valence-corrected chi connectivity index (χ1v) is 8.32. The van der Waals surface area contributed by atoms with Crippen LogP contribution in [0.1, 0.15) is 67.2 Å². The lowest BCUT2D eigenvalue weighted by atomic mass is 9.53. The van der Waals surface area contributed by atoms with Gasteiger partial charge in [-0.25, -0.2) is 0 Å². The van der Waals surface area contributed by atoms with E-state index in [1.807, 2.05) is 13.8 Å². The van der Waals surface area contributed by atoms with Gasteiger partial charge in [0.25, 0.3) is 0 Å². The van der Waals surface area contributed by atoms with E-state index in [1.165, 1.54) is 0 Å². The quantitative estimate of drug-likeness (QED) is 0.759. The van der Waals surface area contributed by atoms with Crippen molar-refractivity contribution in [2.24, 2.45) is 17.3 Å². The summed E-state index contributed by atoms with van der Waals surface area (Å²) in [7, 11) is 0. The molecule has 1 saturated carbocycles. The summed E-state index contributed by atoms with van der Waals surface area (Å²) in [6.45, 7) is 12.4. The van der Waals surface area contributed by atoms with E-state index in [2.05, 4.69) is 38.3 Å². The standard InChI is InChI=1S/C17H32N2O2/c1-7-11(3)18-15(20)10-13-9-14(17(13,5)6)16(21)19-12(4)8-2/h11-14H,7-10H2,1-6H3,(H,18,20)(H,19,21). The van der Waals surface area contributed by atoms with Gasteiger partial charge >= 0.3 is 0 Å². The van der Waals surface area contributed by atoms with Crippen LogP contribution in [0.3, 0.4) is 0 Å². The molecule has 0 aromatic heterocycles. The molecule has 4 heteroatoms. The molecule has 122 valence electrons. The summed E-state index contributed by atoms with van der Waals surface area (Å²) in [5.41, 5.74) is -0.0929. The molecule has 0 aromatic rings. The van der Waals surface area contributed by atoms with Gasteiger partial charge < -0.3 is 10.6 Å². The van der Waals surface area contributed by atoms with Gasteiger partial charge in [-0.05, 0) is 44.4 Å². The zero-order valence-corrected chi connectivity index (χ0v) is 14.5. The molecule has 0 aromatic carbocycles. The van der Waals surface area contributed by atoms with Crippen LogP contribution in [0, 0.1) is 17.3 Å². The molecule has 0 spiro atoms. The predicted molar refractivity (Wildman–Crippen MR) is 85.8 cm³/mol. The zero-order valence-electron chi connectivity index (χ0n) is 14.5. The van der Waals surface area contributed by atoms with E-state index < -0.39 is 0 Å². The van der Waals surface area contributed by atoms with Crippen molar-refractivity contribution in [2.75, 3.05) is 0 Å². The van der Waals surface area contributed by atoms with Gasteiger partial charge in [0.1, 0.15) is 0 Å². The van der Waals surface area contributed by atoms with Crippen LogP contribution in [-0.2, 0) is 9.59 Å². The Balaban J connectivity index is 2.49. The summed E-state index contributed by atoms with van der Waals surface area (Å²) < 4.78 is 0. The van der Waals surface area contributed by atoms with Gasteiger partial charge in [0.2, 0.25) is 11.8 Å². The molecule has 1 fully saturated rings. The molecule has 4 unspecified atom stereocenters. The van der Waals surface area contributed by atoms with Gasteiger partial charge in [0, 0.05) is 24.4 Å². The largest absolute Gasteiger partial charge is 0.354 e. The van der Waals surface area contributed by atoms with Crippen molar-refractivity contribution in [2.45, 2.75) is 79.3 Å². The normalized spacial score (nSPS) is 26.4. The zero-order chi connectivity index (χ0) is 16.2. The highest BCUT2D eigenvalue weighted by molar-refractivity contribution is 5.82. The number of rotatable bonds is 7. The third-order valence-corrected chi connectivity index (χ3v) is 5.24. The van der Waals surface area contributed by atoms with E-state index in [-0.39, 0.29) is 35.2 Å². The Morgan fingerprint density at radius 3 is 2.10 bits per heavy atom. The molecule has 4 atom stereocenters. The van der Waals surface area contributed by atoms with Crippen molar-refractivity contribution in [3.05, 3.63) is 0 Å². The maximum absolute atomic E-state index is 12.3. The molecule has 0 aliphatic heterocycles. The number of amides is 2. The minimum atomic E-state index is -0.0929. The maximum Gasteiger partial charge on any atom is 0.223 e. The fraction of sp³-hybridized carbons (Fsp3) is 0.882. The first-order valence-electron chi connectivity index (χ1n) is 8.32. The van der Waals surface area contributed by atoms with Gasteiger partial charge in [-0.2, -0.15) is 0 Å². The molecule has 21 heavy (non-hydrogen) atoms. The summed E-state index contributed by atoms with van der Waals surface area (Å²) in [6.07, 6.45) is 3.24. The Bertz CT molecular complexity index is 379. The lowest BCUT2D eigenvalue weighted by Crippen LogP contribution is -2.54. The number of carbonyl (C=O) groups is 2. The molecule has 0 heterocycles. The second-order valence-corrected chi connectivity index (χ2v) is 7.21. The average molecular weight is 296 g/mol. The Kier molecular flexibility index (Phi) is 6.24. The fourth-order valence-corrected chi connectivity index (χ4v) is 2.91. The van der Waals surface area contributed by atoms with Crippen LogP contribution in [0.2, 0.25) is 0 Å². The van der Waals surface area contributed by atoms with E-state index in [1.54, 1.807) is 0 Å². The van der Waals surface area contributed by atoms with Crippen LogP contribution >= 0.6 is 0 Å². The van der Waals surface area contributed by atoms with Gasteiger partial charge in [0.15, 0.2) is 0 Å². The molecule has 4 nitrogen and oxygen atoms in total. The molecule has 1 aliphatic carbocycles. The van der Waals surface area contributed by atoms with Crippen LogP contribution in [0.4, 0.5) is 0 Å². The number of carbonyl (C=O) groups excluding carboxylic acids is 2. The van der Waals surface area contributed by atoms with Crippen LogP contribution in [-0.4, -0.2) is 23.9 Å². The lowest BCUT2D eigenvalue weighted by molar-refractivity contribution is -0.145. The molecule has 1 aliphatic rings. The smallest absolute Gasteiger partial charge is 0.223 e. The third kappa shape index (κ3) is 4.45. The van der Waals surface area contributed by atoms with Crippen LogP contribution in [0.25, 0.3) is 0 Å². The monoisotopic (exact) mass is 296 g/mol. The number of hydrogen-bond donors (Lipinski definition) is 2. The number of nitrogens with one attached hydrogen (secondary N) is 2. The first-order chi connectivity index (χ1) is 9.72. The van der Waals surface area contributed by atoms with Gasteiger partial charge in [-0.3, -0.25) is 9.59 Å². The van der Waals surface area contributed by atoms with Crippen molar-refractivity contribution in [3.8, 4) is 0 Å². The van der Waals surface area contributed by atoms with Crippen molar-refractivity contribution >= 4 is 11.8 Å². The summed E-state index contributed by atoms with van der Waals surface area (Å²) in [5, 5.41) is 6.08. The van der Waals surface area contributed by atoms with Crippen molar-refractivity contribution in [1.29, 1.82) is 0 Å². The molecule has 2 N–H and O–H groups in total. The molecule has 2 amide bonds. The highest BCUT2D eigenvalue weighted by Gasteiger charge is 2.52. The maximum atomic E-state index is 12.3. The molecule has 1 rings (SSSR count). The minimum absolute atomic E-state index is 0.0351. The highest BCUT2D eigenvalue weighted by Crippen LogP contribution is 2.52. The van der Waals surface area contributed by atoms with E-state index >= 15 is 0 Å². The predicted octanol–water partition coefficient (Wildman–Crippen LogP) is 2.87. The number of hydrogen-bond acceptors (Lipinski definition) is 2. The second-order valence-electron chi connectivity index (χ2n) is 7.21. The van der Waals surface area contributed by atoms with Crippen molar-refractivity contribution in [3.63, 3.8) is 0 Å². The fourth-order valence-electron chi connectivity index (χ4n) is 2.91. The SMILES string of the molecule is CCC(C)NC(=O)CC1CC(C(=O)NC(C)CC)C1(C)C. The highest BCUT2D eigenvalue weighted by atomic mass is 16.2. The lowest BCUT2D eigenvalue weighted by Gasteiger charge is -2.51. The summed E-state index contributed by atoms with van der Waals surface area (Å²) in [4.78, 5) is 24.2. The molecule has 0 saturated heterocycles. The second kappa shape index (κ2) is 7.28. The van der Waals surface area contributed by atoms with Crippen LogP contribution in [0.15, 0.2) is 0 Å². The van der Waals surface area contributed by atoms with Gasteiger partial charge in [-0.1, -0.05) is 27.7 Å². The Morgan fingerprint density at radius 1 is 1.10 bits per heavy atom. The van der Waals surface area contributed by atoms with Crippen LogP contribution < -0.4 is 10.6 Å². The Morgan fingerprint density at radius 2 is 1.62 bits per heavy atom. The summed E-state index contributed by atoms with van der Waals surface area (Å²) in [6, 6.07) is 0.450. The topological polar surface area (TPSA) is 58.2 Å². The molecular weight excluding hydrogens is 264 g/mol. The summed E-state index contributed by atoms with van der Waals surface area (Å²) in [5.74, 6) is 0.596. The van der Waals surface area contributed by atoms with Crippen molar-refractivity contribution in [1.82, 2.24) is 10.6 Å². The molecular formula is C17H32N2O2. The van der Waals surface area contributed by atoms with E-state index in [4.69, 9.17) is 0 Å². The van der Waals surface area contributed by atoms with Crippen molar-refractivity contribution < 1.29 is 9.59 Å². The van der Waals surface area contributed by atoms with Gasteiger partial charge in [0.05, 0.1) is 0 Å². The Hall–Kier alpha value is -1.06.